The Balaban J connectivity index is 2.02. The average Bonchev–Trinajstić information content (AvgIpc) is 2.56. The summed E-state index contributed by atoms with van der Waals surface area (Å²) in [6, 6.07) is 13.7. The van der Waals surface area contributed by atoms with Crippen LogP contribution < -0.4 is 10.6 Å². The summed E-state index contributed by atoms with van der Waals surface area (Å²) in [5.74, 6) is 0.0350. The van der Waals surface area contributed by atoms with Gasteiger partial charge in [-0.1, -0.05) is 43.6 Å². The third-order valence-corrected chi connectivity index (χ3v) is 5.29. The molecule has 1 atom stereocenters. The maximum Gasteiger partial charge on any atom is 0.238 e. The first-order valence-electron chi connectivity index (χ1n) is 8.25. The van der Waals surface area contributed by atoms with Crippen LogP contribution in [-0.4, -0.2) is 27.1 Å². The fraction of sp³-hybridized carbons (Fsp3) is 0.316. The van der Waals surface area contributed by atoms with E-state index in [1.54, 1.807) is 12.1 Å². The van der Waals surface area contributed by atoms with E-state index in [1.165, 1.54) is 12.1 Å². The van der Waals surface area contributed by atoms with Gasteiger partial charge in [-0.05, 0) is 41.8 Å². The van der Waals surface area contributed by atoms with Gasteiger partial charge in [0.2, 0.25) is 5.91 Å². The zero-order chi connectivity index (χ0) is 19.3. The summed E-state index contributed by atoms with van der Waals surface area (Å²) in [6.45, 7) is 4.24. The smallest absolute Gasteiger partial charge is 0.238 e. The molecule has 5 nitrogen and oxygen atoms in total. The van der Waals surface area contributed by atoms with Gasteiger partial charge in [-0.2, -0.15) is 0 Å². The molecule has 1 amide bonds. The van der Waals surface area contributed by atoms with E-state index >= 15 is 0 Å². The average molecular weight is 395 g/mol. The topological polar surface area (TPSA) is 75.3 Å². The Labute approximate surface area is 159 Å². The normalized spacial score (nSPS) is 12.8. The summed E-state index contributed by atoms with van der Waals surface area (Å²) < 4.78 is 23.2. The van der Waals surface area contributed by atoms with Gasteiger partial charge in [-0.25, -0.2) is 8.42 Å². The first-order chi connectivity index (χ1) is 12.2. The summed E-state index contributed by atoms with van der Waals surface area (Å²) in [5, 5.41) is 6.64. The number of rotatable bonds is 7. The van der Waals surface area contributed by atoms with Crippen LogP contribution >= 0.6 is 11.6 Å². The number of anilines is 1. The van der Waals surface area contributed by atoms with E-state index in [4.69, 9.17) is 11.6 Å². The number of sulfone groups is 1. The third kappa shape index (κ3) is 5.83. The van der Waals surface area contributed by atoms with E-state index in [2.05, 4.69) is 24.5 Å². The molecule has 7 heteroatoms. The van der Waals surface area contributed by atoms with E-state index in [-0.39, 0.29) is 29.3 Å². The molecular formula is C19H23ClN2O3S. The number of hydrogen-bond donors (Lipinski definition) is 2. The zero-order valence-corrected chi connectivity index (χ0v) is 16.6. The monoisotopic (exact) mass is 394 g/mol. The quantitative estimate of drug-likeness (QED) is 0.751. The lowest BCUT2D eigenvalue weighted by molar-refractivity contribution is -0.115. The minimum atomic E-state index is -3.32. The Bertz CT molecular complexity index is 865. The molecule has 2 N–H and O–H groups in total. The Kier molecular flexibility index (Phi) is 6.81. The van der Waals surface area contributed by atoms with E-state index in [0.29, 0.717) is 10.7 Å². The molecular weight excluding hydrogens is 372 g/mol. The molecule has 0 radical (unpaired) electrons. The molecule has 2 aromatic rings. The van der Waals surface area contributed by atoms with Gasteiger partial charge in [0.1, 0.15) is 0 Å². The van der Waals surface area contributed by atoms with Gasteiger partial charge >= 0.3 is 0 Å². The van der Waals surface area contributed by atoms with Crippen LogP contribution in [0.15, 0.2) is 53.4 Å². The first-order valence-corrected chi connectivity index (χ1v) is 10.5. The van der Waals surface area contributed by atoms with Crippen molar-refractivity contribution in [1.29, 1.82) is 0 Å². The van der Waals surface area contributed by atoms with Crippen LogP contribution in [0.2, 0.25) is 5.02 Å². The van der Waals surface area contributed by atoms with E-state index in [9.17, 15) is 13.2 Å². The van der Waals surface area contributed by atoms with Crippen molar-refractivity contribution in [3.05, 3.63) is 59.1 Å². The van der Waals surface area contributed by atoms with Gasteiger partial charge in [0.25, 0.3) is 0 Å². The van der Waals surface area contributed by atoms with Gasteiger partial charge in [-0.15, -0.1) is 0 Å². The second-order valence-corrected chi connectivity index (χ2v) is 8.95. The lowest BCUT2D eigenvalue weighted by Crippen LogP contribution is -2.33. The lowest BCUT2D eigenvalue weighted by Gasteiger charge is -2.23. The highest BCUT2D eigenvalue weighted by molar-refractivity contribution is 7.90. The Morgan fingerprint density at radius 1 is 1.12 bits per heavy atom. The SMILES string of the molecule is CC(C)[C@@H](NCC(=O)Nc1cccc(S(C)(=O)=O)c1)c1ccc(Cl)cc1. The number of carbonyl (C=O) groups excluding carboxylic acids is 1. The predicted octanol–water partition coefficient (Wildman–Crippen LogP) is 3.67. The van der Waals surface area contributed by atoms with Crippen molar-refractivity contribution in [2.24, 2.45) is 5.92 Å². The van der Waals surface area contributed by atoms with Crippen molar-refractivity contribution in [3.8, 4) is 0 Å². The highest BCUT2D eigenvalue weighted by atomic mass is 35.5. The third-order valence-electron chi connectivity index (χ3n) is 3.92. The summed E-state index contributed by atoms with van der Waals surface area (Å²) in [7, 11) is -3.32. The van der Waals surface area contributed by atoms with Crippen LogP contribution in [0.1, 0.15) is 25.5 Å². The number of nitrogens with one attached hydrogen (secondary N) is 2. The van der Waals surface area contributed by atoms with Crippen molar-refractivity contribution < 1.29 is 13.2 Å². The zero-order valence-electron chi connectivity index (χ0n) is 15.0. The van der Waals surface area contributed by atoms with Crippen molar-refractivity contribution in [2.45, 2.75) is 24.8 Å². The van der Waals surface area contributed by atoms with Gasteiger partial charge in [0.05, 0.1) is 11.4 Å². The van der Waals surface area contributed by atoms with Crippen molar-refractivity contribution in [1.82, 2.24) is 5.32 Å². The van der Waals surface area contributed by atoms with Gasteiger partial charge in [0.15, 0.2) is 9.84 Å². The van der Waals surface area contributed by atoms with E-state index < -0.39 is 9.84 Å². The Hall–Kier alpha value is -1.89. The molecule has 0 heterocycles. The molecule has 0 aromatic heterocycles. The predicted molar refractivity (Wildman–Crippen MR) is 105 cm³/mol. The van der Waals surface area contributed by atoms with Gasteiger partial charge < -0.3 is 10.6 Å². The fourth-order valence-corrected chi connectivity index (χ4v) is 3.41. The summed E-state index contributed by atoms with van der Waals surface area (Å²) in [4.78, 5) is 12.4. The molecule has 0 aliphatic heterocycles. The number of hydrogen-bond acceptors (Lipinski definition) is 4. The molecule has 140 valence electrons. The molecule has 0 bridgehead atoms. The van der Waals surface area contributed by atoms with Crippen molar-refractivity contribution >= 4 is 33.0 Å². The fourth-order valence-electron chi connectivity index (χ4n) is 2.62. The largest absolute Gasteiger partial charge is 0.325 e. The Morgan fingerprint density at radius 2 is 1.77 bits per heavy atom. The second-order valence-electron chi connectivity index (χ2n) is 6.50. The van der Waals surface area contributed by atoms with Crippen LogP contribution in [0.25, 0.3) is 0 Å². The molecule has 0 saturated carbocycles. The highest BCUT2D eigenvalue weighted by Gasteiger charge is 2.17. The molecule has 2 rings (SSSR count). The van der Waals surface area contributed by atoms with Crippen LogP contribution in [0.5, 0.6) is 0 Å². The van der Waals surface area contributed by atoms with Crippen LogP contribution in [0.4, 0.5) is 5.69 Å². The number of benzene rings is 2. The van der Waals surface area contributed by atoms with Crippen molar-refractivity contribution in [3.63, 3.8) is 0 Å². The number of amides is 1. The van der Waals surface area contributed by atoms with Crippen LogP contribution in [0, 0.1) is 5.92 Å². The standard InChI is InChI=1S/C19H23ClN2O3S/c1-13(2)19(14-7-9-15(20)10-8-14)21-12-18(23)22-16-5-4-6-17(11-16)26(3,24)25/h4-11,13,19,21H,12H2,1-3H3,(H,22,23)/t19-/m1/s1. The first kappa shape index (κ1) is 20.4. The van der Waals surface area contributed by atoms with E-state index in [1.807, 2.05) is 24.3 Å². The molecule has 0 saturated heterocycles. The number of halogens is 1. The van der Waals surface area contributed by atoms with E-state index in [0.717, 1.165) is 11.8 Å². The molecule has 26 heavy (non-hydrogen) atoms. The van der Waals surface area contributed by atoms with Gasteiger partial charge in [0, 0.05) is 23.0 Å². The molecule has 0 spiro atoms. The molecule has 0 fully saturated rings. The summed E-state index contributed by atoms with van der Waals surface area (Å²) >= 11 is 5.93. The molecule has 2 aromatic carbocycles. The molecule has 0 aliphatic carbocycles. The number of carbonyl (C=O) groups is 1. The van der Waals surface area contributed by atoms with Crippen LogP contribution in [0.3, 0.4) is 0 Å². The Morgan fingerprint density at radius 3 is 2.35 bits per heavy atom. The van der Waals surface area contributed by atoms with Crippen molar-refractivity contribution in [2.75, 3.05) is 18.1 Å². The molecule has 0 aliphatic rings. The summed E-state index contributed by atoms with van der Waals surface area (Å²) in [6.07, 6.45) is 1.13. The second kappa shape index (κ2) is 8.66. The summed E-state index contributed by atoms with van der Waals surface area (Å²) in [5.41, 5.74) is 1.50. The lowest BCUT2D eigenvalue weighted by atomic mass is 9.96. The molecule has 0 unspecified atom stereocenters. The maximum atomic E-state index is 12.2. The van der Waals surface area contributed by atoms with Gasteiger partial charge in [-0.3, -0.25) is 4.79 Å². The highest BCUT2D eigenvalue weighted by Crippen LogP contribution is 2.23. The van der Waals surface area contributed by atoms with Crippen LogP contribution in [-0.2, 0) is 14.6 Å². The minimum Gasteiger partial charge on any atom is -0.325 e. The minimum absolute atomic E-state index is 0.000343. The maximum absolute atomic E-state index is 12.2.